The monoisotopic (exact) mass is 564 g/mol. The van der Waals surface area contributed by atoms with Crippen LogP contribution in [0.4, 0.5) is 0 Å². The van der Waals surface area contributed by atoms with Crippen molar-refractivity contribution in [2.45, 2.75) is 38.6 Å². The maximum atomic E-state index is 4.84. The van der Waals surface area contributed by atoms with E-state index in [0.29, 0.717) is 6.54 Å². The highest BCUT2D eigenvalue weighted by atomic mass is 127. The highest BCUT2D eigenvalue weighted by Crippen LogP contribution is 2.25. The van der Waals surface area contributed by atoms with Gasteiger partial charge in [-0.15, -0.1) is 24.0 Å². The van der Waals surface area contributed by atoms with E-state index < -0.39 is 0 Å². The summed E-state index contributed by atoms with van der Waals surface area (Å²) >= 11 is 1.85. The predicted molar refractivity (Wildman–Crippen MR) is 147 cm³/mol. The summed E-state index contributed by atoms with van der Waals surface area (Å²) in [6.07, 6.45) is 5.43. The summed E-state index contributed by atoms with van der Waals surface area (Å²) in [7, 11) is 0. The van der Waals surface area contributed by atoms with Crippen molar-refractivity contribution in [3.05, 3.63) is 72.3 Å². The third kappa shape index (κ3) is 7.81. The first-order chi connectivity index (χ1) is 15.0. The molecule has 0 aliphatic heterocycles. The summed E-state index contributed by atoms with van der Waals surface area (Å²) in [6, 6.07) is 17.1. The molecule has 3 rings (SSSR count). The molecule has 0 spiro atoms. The van der Waals surface area contributed by atoms with Crippen molar-refractivity contribution < 1.29 is 0 Å². The normalized spacial score (nSPS) is 11.7. The molecule has 1 heterocycles. The largest absolute Gasteiger partial charge is 0.357 e. The van der Waals surface area contributed by atoms with Crippen LogP contribution in [0.5, 0.6) is 0 Å². The lowest BCUT2D eigenvalue weighted by Crippen LogP contribution is -2.43. The zero-order valence-electron chi connectivity index (χ0n) is 19.2. The smallest absolute Gasteiger partial charge is 0.191 e. The van der Waals surface area contributed by atoms with Crippen LogP contribution >= 0.6 is 35.7 Å². The molecular formula is C24H33IN6S. The maximum absolute atomic E-state index is 4.84. The Morgan fingerprint density at radius 3 is 2.50 bits per heavy atom. The van der Waals surface area contributed by atoms with Gasteiger partial charge in [-0.2, -0.15) is 16.9 Å². The molecule has 2 aromatic carbocycles. The molecule has 0 aliphatic rings. The van der Waals surface area contributed by atoms with Gasteiger partial charge in [0.05, 0.1) is 13.1 Å². The van der Waals surface area contributed by atoms with Gasteiger partial charge in [0, 0.05) is 17.8 Å². The Labute approximate surface area is 212 Å². The van der Waals surface area contributed by atoms with Gasteiger partial charge in [-0.3, -0.25) is 0 Å². The number of thioether (sulfide) groups is 1. The first kappa shape index (κ1) is 26.2. The predicted octanol–water partition coefficient (Wildman–Crippen LogP) is 4.81. The van der Waals surface area contributed by atoms with E-state index in [2.05, 4.69) is 96.3 Å². The fourth-order valence-electron chi connectivity index (χ4n) is 3.11. The zero-order chi connectivity index (χ0) is 22.1. The average Bonchev–Trinajstić information content (AvgIpc) is 3.29. The molecule has 0 saturated carbocycles. The summed E-state index contributed by atoms with van der Waals surface area (Å²) in [4.78, 5) is 8.84. The topological polar surface area (TPSA) is 67.1 Å². The molecule has 0 aliphatic carbocycles. The lowest BCUT2D eigenvalue weighted by atomic mass is 9.98. The Hall–Kier alpha value is -2.07. The minimum Gasteiger partial charge on any atom is -0.357 e. The SMILES string of the molecule is CCNC(=NCc1ccccc1-c1ccc(Cn2cncn2)cc1)NCC(C)(C)SC.I. The van der Waals surface area contributed by atoms with E-state index in [1.54, 1.807) is 12.7 Å². The number of hydrogen-bond acceptors (Lipinski definition) is 4. The Morgan fingerprint density at radius 1 is 1.09 bits per heavy atom. The Kier molecular flexibility index (Phi) is 10.5. The molecule has 0 radical (unpaired) electrons. The van der Waals surface area contributed by atoms with Crippen LogP contribution in [0.2, 0.25) is 0 Å². The Morgan fingerprint density at radius 2 is 1.84 bits per heavy atom. The molecule has 0 saturated heterocycles. The number of rotatable bonds is 9. The molecule has 0 unspecified atom stereocenters. The molecule has 0 fully saturated rings. The first-order valence-corrected chi connectivity index (χ1v) is 11.8. The lowest BCUT2D eigenvalue weighted by Gasteiger charge is -2.23. The quantitative estimate of drug-likeness (QED) is 0.222. The second kappa shape index (κ2) is 12.8. The lowest BCUT2D eigenvalue weighted by molar-refractivity contribution is 0.665. The van der Waals surface area contributed by atoms with Crippen LogP contribution in [0.25, 0.3) is 11.1 Å². The first-order valence-electron chi connectivity index (χ1n) is 10.6. The van der Waals surface area contributed by atoms with Crippen molar-refractivity contribution in [3.63, 3.8) is 0 Å². The molecule has 6 nitrogen and oxygen atoms in total. The van der Waals surface area contributed by atoms with E-state index in [1.165, 1.54) is 22.3 Å². The van der Waals surface area contributed by atoms with Gasteiger partial charge in [-0.1, -0.05) is 48.5 Å². The Balaban J connectivity index is 0.00000363. The van der Waals surface area contributed by atoms with E-state index in [1.807, 2.05) is 16.4 Å². The number of nitrogens with zero attached hydrogens (tertiary/aromatic N) is 4. The van der Waals surface area contributed by atoms with Crippen LogP contribution in [-0.4, -0.2) is 44.8 Å². The second-order valence-electron chi connectivity index (χ2n) is 7.96. The molecule has 172 valence electrons. The van der Waals surface area contributed by atoms with Crippen molar-refractivity contribution in [2.75, 3.05) is 19.3 Å². The van der Waals surface area contributed by atoms with Gasteiger partial charge < -0.3 is 10.6 Å². The van der Waals surface area contributed by atoms with Crippen molar-refractivity contribution >= 4 is 41.7 Å². The summed E-state index contributed by atoms with van der Waals surface area (Å²) < 4.78 is 1.98. The van der Waals surface area contributed by atoms with Crippen molar-refractivity contribution in [1.29, 1.82) is 0 Å². The van der Waals surface area contributed by atoms with Crippen LogP contribution in [0.1, 0.15) is 31.9 Å². The van der Waals surface area contributed by atoms with Gasteiger partial charge >= 0.3 is 0 Å². The molecule has 0 atom stereocenters. The molecule has 0 amide bonds. The second-order valence-corrected chi connectivity index (χ2v) is 9.47. The van der Waals surface area contributed by atoms with Gasteiger partial charge in [-0.25, -0.2) is 14.7 Å². The Bertz CT molecular complexity index is 970. The van der Waals surface area contributed by atoms with Crippen LogP contribution in [0.15, 0.2) is 66.2 Å². The van der Waals surface area contributed by atoms with Gasteiger partial charge in [0.25, 0.3) is 0 Å². The molecular weight excluding hydrogens is 531 g/mol. The van der Waals surface area contributed by atoms with Crippen molar-refractivity contribution in [2.24, 2.45) is 4.99 Å². The van der Waals surface area contributed by atoms with E-state index in [9.17, 15) is 0 Å². The number of guanidine groups is 1. The number of aromatic nitrogens is 3. The molecule has 32 heavy (non-hydrogen) atoms. The molecule has 3 aromatic rings. The van der Waals surface area contributed by atoms with Gasteiger partial charge in [0.15, 0.2) is 5.96 Å². The minimum atomic E-state index is 0. The minimum absolute atomic E-state index is 0. The molecule has 2 N–H and O–H groups in total. The molecule has 8 heteroatoms. The van der Waals surface area contributed by atoms with E-state index in [-0.39, 0.29) is 28.7 Å². The van der Waals surface area contributed by atoms with Crippen molar-refractivity contribution in [3.8, 4) is 11.1 Å². The number of nitrogens with one attached hydrogen (secondary N) is 2. The highest BCUT2D eigenvalue weighted by molar-refractivity contribution is 14.0. The van der Waals surface area contributed by atoms with E-state index in [0.717, 1.165) is 25.6 Å². The van der Waals surface area contributed by atoms with Gasteiger partial charge in [-0.05, 0) is 49.3 Å². The van der Waals surface area contributed by atoms with E-state index in [4.69, 9.17) is 4.99 Å². The van der Waals surface area contributed by atoms with Crippen molar-refractivity contribution in [1.82, 2.24) is 25.4 Å². The maximum Gasteiger partial charge on any atom is 0.191 e. The standard InChI is InChI=1S/C24H32N6S.HI/c1-5-26-23(28-16-24(2,3)31-4)27-14-21-8-6-7-9-22(21)20-12-10-19(11-13-20)15-30-18-25-17-29-30;/h6-13,17-18H,5,14-16H2,1-4H3,(H2,26,27,28);1H. The van der Waals surface area contributed by atoms with Gasteiger partial charge in [0.1, 0.15) is 12.7 Å². The van der Waals surface area contributed by atoms with Crippen LogP contribution in [-0.2, 0) is 13.1 Å². The summed E-state index contributed by atoms with van der Waals surface area (Å²) in [5.41, 5.74) is 4.79. The van der Waals surface area contributed by atoms with E-state index >= 15 is 0 Å². The van der Waals surface area contributed by atoms with Gasteiger partial charge in [0.2, 0.25) is 0 Å². The third-order valence-corrected chi connectivity index (χ3v) is 6.33. The molecule has 0 bridgehead atoms. The van der Waals surface area contributed by atoms with Crippen LogP contribution in [0.3, 0.4) is 0 Å². The molecule has 1 aromatic heterocycles. The highest BCUT2D eigenvalue weighted by Gasteiger charge is 2.16. The van der Waals surface area contributed by atoms with Crippen LogP contribution in [0, 0.1) is 0 Å². The van der Waals surface area contributed by atoms with Crippen LogP contribution < -0.4 is 10.6 Å². The average molecular weight is 565 g/mol. The number of halogens is 1. The fraction of sp³-hybridized carbons (Fsp3) is 0.375. The zero-order valence-corrected chi connectivity index (χ0v) is 22.4. The summed E-state index contributed by atoms with van der Waals surface area (Å²) in [5.74, 6) is 0.850. The number of hydrogen-bond donors (Lipinski definition) is 2. The third-order valence-electron chi connectivity index (χ3n) is 5.08. The summed E-state index contributed by atoms with van der Waals surface area (Å²) in [5, 5.41) is 11.0. The number of benzene rings is 2. The fourth-order valence-corrected chi connectivity index (χ4v) is 3.32. The summed E-state index contributed by atoms with van der Waals surface area (Å²) in [6.45, 7) is 9.58. The number of aliphatic imine (C=N–C) groups is 1.